The molecular formula is C16H10Cl3NO6S. The second-order valence-electron chi connectivity index (χ2n) is 5.21. The molecule has 0 amide bonds. The molecule has 0 heterocycles. The maximum atomic E-state index is 12.5. The van der Waals surface area contributed by atoms with E-state index in [1.807, 2.05) is 0 Å². The summed E-state index contributed by atoms with van der Waals surface area (Å²) in [6.07, 6.45) is -0.843. The molecule has 2 aromatic rings. The summed E-state index contributed by atoms with van der Waals surface area (Å²) < 4.78 is 27.3. The van der Waals surface area contributed by atoms with Crippen LogP contribution in [0.5, 0.6) is 0 Å². The van der Waals surface area contributed by atoms with Crippen molar-refractivity contribution in [1.82, 2.24) is 0 Å². The highest BCUT2D eigenvalue weighted by molar-refractivity contribution is 7.92. The lowest BCUT2D eigenvalue weighted by Crippen LogP contribution is -2.17. The van der Waals surface area contributed by atoms with Gasteiger partial charge in [-0.15, -0.1) is 0 Å². The molecule has 2 aromatic carbocycles. The number of Topliss-reactive ketones (excluding diaryl/α,β-unsaturated/α-hetero) is 2. The van der Waals surface area contributed by atoms with Crippen molar-refractivity contribution in [3.05, 3.63) is 57.0 Å². The second kappa shape index (κ2) is 8.26. The van der Waals surface area contributed by atoms with Gasteiger partial charge in [-0.2, -0.15) is 0 Å². The van der Waals surface area contributed by atoms with Gasteiger partial charge in [0, 0.05) is 11.3 Å². The zero-order valence-corrected chi connectivity index (χ0v) is 16.3. The normalized spacial score (nSPS) is 11.1. The number of anilines is 1. The molecular weight excluding hydrogens is 441 g/mol. The summed E-state index contributed by atoms with van der Waals surface area (Å²) in [4.78, 5) is 33.3. The van der Waals surface area contributed by atoms with Crippen LogP contribution >= 0.6 is 34.8 Å². The monoisotopic (exact) mass is 449 g/mol. The fraction of sp³-hybridized carbons (Fsp3) is 0.0625. The molecule has 0 saturated carbocycles. The molecule has 142 valence electrons. The third-order valence-corrected chi connectivity index (χ3v) is 5.83. The molecule has 0 bridgehead atoms. The number of ketones is 2. The van der Waals surface area contributed by atoms with Gasteiger partial charge in [-0.25, -0.2) is 13.2 Å². The van der Waals surface area contributed by atoms with Crippen molar-refractivity contribution in [3.8, 4) is 0 Å². The molecule has 2 N–H and O–H groups in total. The Morgan fingerprint density at radius 2 is 1.59 bits per heavy atom. The third kappa shape index (κ3) is 5.20. The average Bonchev–Trinajstić information content (AvgIpc) is 2.57. The van der Waals surface area contributed by atoms with Crippen molar-refractivity contribution in [2.45, 2.75) is 11.3 Å². The predicted molar refractivity (Wildman–Crippen MR) is 100 cm³/mol. The van der Waals surface area contributed by atoms with Crippen LogP contribution in [0.25, 0.3) is 0 Å². The van der Waals surface area contributed by atoms with Gasteiger partial charge in [-0.1, -0.05) is 46.9 Å². The van der Waals surface area contributed by atoms with Gasteiger partial charge < -0.3 is 5.11 Å². The van der Waals surface area contributed by atoms with Crippen LogP contribution in [-0.2, 0) is 19.6 Å². The van der Waals surface area contributed by atoms with Gasteiger partial charge in [0.25, 0.3) is 10.0 Å². The lowest BCUT2D eigenvalue weighted by Gasteiger charge is -2.11. The van der Waals surface area contributed by atoms with Crippen LogP contribution in [0.1, 0.15) is 16.8 Å². The molecule has 0 unspecified atom stereocenters. The van der Waals surface area contributed by atoms with Gasteiger partial charge in [0.05, 0.1) is 21.5 Å². The molecule has 0 aliphatic carbocycles. The van der Waals surface area contributed by atoms with E-state index >= 15 is 0 Å². The minimum absolute atomic E-state index is 0.00534. The van der Waals surface area contributed by atoms with Crippen molar-refractivity contribution in [2.24, 2.45) is 0 Å². The van der Waals surface area contributed by atoms with E-state index < -0.39 is 34.0 Å². The second-order valence-corrected chi connectivity index (χ2v) is 8.08. The molecule has 7 nitrogen and oxygen atoms in total. The van der Waals surface area contributed by atoms with Crippen LogP contribution in [0.2, 0.25) is 15.1 Å². The van der Waals surface area contributed by atoms with Crippen LogP contribution in [0.3, 0.4) is 0 Å². The Labute approximate surface area is 168 Å². The van der Waals surface area contributed by atoms with E-state index in [1.54, 1.807) is 0 Å². The predicted octanol–water partition coefficient (Wildman–Crippen LogP) is 3.67. The Morgan fingerprint density at radius 1 is 0.963 bits per heavy atom. The largest absolute Gasteiger partial charge is 0.475 e. The van der Waals surface area contributed by atoms with Crippen molar-refractivity contribution in [2.75, 3.05) is 4.72 Å². The first kappa shape index (κ1) is 21.2. The summed E-state index contributed by atoms with van der Waals surface area (Å²) >= 11 is 17.5. The summed E-state index contributed by atoms with van der Waals surface area (Å²) in [5, 5.41) is 8.46. The Kier molecular flexibility index (Phi) is 6.48. The van der Waals surface area contributed by atoms with E-state index in [1.165, 1.54) is 30.3 Å². The summed E-state index contributed by atoms with van der Waals surface area (Å²) in [7, 11) is -4.16. The lowest BCUT2D eigenvalue weighted by atomic mass is 10.1. The highest BCUT2D eigenvalue weighted by atomic mass is 35.5. The number of hydrogen-bond acceptors (Lipinski definition) is 5. The zero-order chi connectivity index (χ0) is 20.4. The van der Waals surface area contributed by atoms with E-state index in [4.69, 9.17) is 39.9 Å². The first-order valence-corrected chi connectivity index (χ1v) is 9.69. The fourth-order valence-electron chi connectivity index (χ4n) is 2.00. The quantitative estimate of drug-likeness (QED) is 0.288. The molecule has 0 atom stereocenters. The lowest BCUT2D eigenvalue weighted by molar-refractivity contribution is -0.148. The van der Waals surface area contributed by atoms with Crippen molar-refractivity contribution >= 4 is 68.0 Å². The molecule has 0 aromatic heterocycles. The van der Waals surface area contributed by atoms with E-state index in [2.05, 4.69) is 4.72 Å². The van der Waals surface area contributed by atoms with Crippen LogP contribution < -0.4 is 4.72 Å². The average molecular weight is 451 g/mol. The Hall–Kier alpha value is -2.13. The first-order chi connectivity index (χ1) is 12.5. The number of aliphatic carboxylic acids is 1. The highest BCUT2D eigenvalue weighted by Crippen LogP contribution is 2.32. The van der Waals surface area contributed by atoms with Gasteiger partial charge in [-0.05, 0) is 24.3 Å². The van der Waals surface area contributed by atoms with Crippen molar-refractivity contribution in [1.29, 1.82) is 0 Å². The molecule has 0 fully saturated rings. The number of nitrogens with one attached hydrogen (secondary N) is 1. The Morgan fingerprint density at radius 3 is 2.22 bits per heavy atom. The number of halogens is 3. The maximum absolute atomic E-state index is 12.5. The van der Waals surface area contributed by atoms with E-state index in [0.29, 0.717) is 0 Å². The topological polar surface area (TPSA) is 118 Å². The fourth-order valence-corrected chi connectivity index (χ4v) is 4.05. The number of carbonyl (C=O) groups excluding carboxylic acids is 2. The van der Waals surface area contributed by atoms with E-state index in [-0.39, 0.29) is 31.2 Å². The number of carbonyl (C=O) groups is 3. The molecule has 0 saturated heterocycles. The molecule has 0 spiro atoms. The summed E-state index contributed by atoms with van der Waals surface area (Å²) in [5.41, 5.74) is -0.0317. The minimum atomic E-state index is -4.16. The van der Waals surface area contributed by atoms with Gasteiger partial charge in [-0.3, -0.25) is 14.3 Å². The number of carboxylic acid groups (broad SMARTS) is 1. The number of sulfonamides is 1. The van der Waals surface area contributed by atoms with Crippen molar-refractivity contribution < 1.29 is 27.9 Å². The van der Waals surface area contributed by atoms with Crippen LogP contribution in [0.4, 0.5) is 5.69 Å². The maximum Gasteiger partial charge on any atom is 0.372 e. The standard InChI is InChI=1S/C16H10Cl3NO6S/c17-10-5-12(19)15(6-11(10)18)27(25,26)20-9-3-1-2-8(4-9)13(21)7-14(22)16(23)24/h1-6,20H,7H2,(H,23,24). The van der Waals surface area contributed by atoms with Crippen LogP contribution in [-0.4, -0.2) is 31.1 Å². The van der Waals surface area contributed by atoms with E-state index in [0.717, 1.165) is 6.07 Å². The number of benzene rings is 2. The Bertz CT molecular complexity index is 1050. The van der Waals surface area contributed by atoms with Gasteiger partial charge in [0.1, 0.15) is 4.90 Å². The number of carboxylic acids is 1. The van der Waals surface area contributed by atoms with Gasteiger partial charge in [0.2, 0.25) is 5.78 Å². The first-order valence-electron chi connectivity index (χ1n) is 7.08. The SMILES string of the molecule is O=C(O)C(=O)CC(=O)c1cccc(NS(=O)(=O)c2cc(Cl)c(Cl)cc2Cl)c1. The number of hydrogen-bond donors (Lipinski definition) is 2. The summed E-state index contributed by atoms with van der Waals surface area (Å²) in [6.45, 7) is 0. The smallest absolute Gasteiger partial charge is 0.372 e. The van der Waals surface area contributed by atoms with Crippen LogP contribution in [0.15, 0.2) is 41.3 Å². The van der Waals surface area contributed by atoms with Gasteiger partial charge >= 0.3 is 5.97 Å². The number of rotatable bonds is 7. The molecule has 0 aliphatic heterocycles. The minimum Gasteiger partial charge on any atom is -0.475 e. The molecule has 11 heteroatoms. The zero-order valence-electron chi connectivity index (χ0n) is 13.2. The summed E-state index contributed by atoms with van der Waals surface area (Å²) in [5.74, 6) is -3.76. The third-order valence-electron chi connectivity index (χ3n) is 3.26. The van der Waals surface area contributed by atoms with E-state index in [9.17, 15) is 22.8 Å². The highest BCUT2D eigenvalue weighted by Gasteiger charge is 2.22. The Balaban J connectivity index is 2.30. The van der Waals surface area contributed by atoms with Crippen molar-refractivity contribution in [3.63, 3.8) is 0 Å². The molecule has 0 radical (unpaired) electrons. The molecule has 0 aliphatic rings. The van der Waals surface area contributed by atoms with Gasteiger partial charge in [0.15, 0.2) is 5.78 Å². The molecule has 2 rings (SSSR count). The van der Waals surface area contributed by atoms with Crippen LogP contribution in [0, 0.1) is 0 Å². The summed E-state index contributed by atoms with van der Waals surface area (Å²) in [6, 6.07) is 7.47. The molecule has 27 heavy (non-hydrogen) atoms.